The first-order chi connectivity index (χ1) is 13.8. The van der Waals surface area contributed by atoms with Gasteiger partial charge in [-0.15, -0.1) is 0 Å². The van der Waals surface area contributed by atoms with Crippen molar-refractivity contribution in [2.45, 2.75) is 32.9 Å². The van der Waals surface area contributed by atoms with Crippen molar-refractivity contribution in [3.8, 4) is 0 Å². The van der Waals surface area contributed by atoms with Crippen molar-refractivity contribution in [2.24, 2.45) is 5.92 Å². The maximum atomic E-state index is 12.4. The molecule has 29 heavy (non-hydrogen) atoms. The number of benzene rings is 1. The number of carbonyl (C=O) groups is 4. The molecule has 1 aromatic carbocycles. The van der Waals surface area contributed by atoms with E-state index in [0.717, 1.165) is 0 Å². The Hall–Kier alpha value is -3.42. The molecule has 0 spiro atoms. The molecule has 8 heteroatoms. The summed E-state index contributed by atoms with van der Waals surface area (Å²) in [4.78, 5) is 49.6. The molecule has 0 radical (unpaired) electrons. The van der Waals surface area contributed by atoms with Crippen LogP contribution in [-0.4, -0.2) is 41.1 Å². The van der Waals surface area contributed by atoms with Crippen molar-refractivity contribution in [1.82, 2.24) is 4.90 Å². The van der Waals surface area contributed by atoms with Crippen molar-refractivity contribution >= 4 is 29.3 Å². The summed E-state index contributed by atoms with van der Waals surface area (Å²) in [6.07, 6.45) is 0.542. The van der Waals surface area contributed by atoms with E-state index >= 15 is 0 Å². The van der Waals surface area contributed by atoms with E-state index in [-0.39, 0.29) is 24.7 Å². The normalized spacial score (nSPS) is 17.1. The lowest BCUT2D eigenvalue weighted by Gasteiger charge is -2.17. The van der Waals surface area contributed by atoms with Crippen LogP contribution in [0, 0.1) is 5.92 Å². The van der Waals surface area contributed by atoms with Crippen molar-refractivity contribution in [1.29, 1.82) is 0 Å². The third-order valence-electron chi connectivity index (χ3n) is 4.70. The third kappa shape index (κ3) is 5.10. The molecule has 0 aliphatic carbocycles. The predicted octanol–water partition coefficient (Wildman–Crippen LogP) is 2.40. The van der Waals surface area contributed by atoms with Gasteiger partial charge >= 0.3 is 5.97 Å². The van der Waals surface area contributed by atoms with Crippen molar-refractivity contribution in [3.05, 3.63) is 54.0 Å². The zero-order chi connectivity index (χ0) is 21.0. The van der Waals surface area contributed by atoms with Crippen LogP contribution >= 0.6 is 0 Å². The fourth-order valence-corrected chi connectivity index (χ4v) is 3.03. The monoisotopic (exact) mass is 398 g/mol. The summed E-state index contributed by atoms with van der Waals surface area (Å²) in [5, 5.41) is 2.63. The minimum atomic E-state index is -1.02. The van der Waals surface area contributed by atoms with Gasteiger partial charge in [-0.2, -0.15) is 0 Å². The Morgan fingerprint density at radius 3 is 2.59 bits per heavy atom. The van der Waals surface area contributed by atoms with E-state index in [1.165, 1.54) is 25.0 Å². The van der Waals surface area contributed by atoms with Crippen LogP contribution in [0.4, 0.5) is 5.69 Å². The summed E-state index contributed by atoms with van der Waals surface area (Å²) in [7, 11) is 0. The van der Waals surface area contributed by atoms with E-state index in [1.807, 2.05) is 0 Å². The molecule has 1 N–H and O–H groups in total. The average Bonchev–Trinajstić information content (AvgIpc) is 3.32. The molecule has 2 aromatic rings. The number of rotatable bonds is 7. The summed E-state index contributed by atoms with van der Waals surface area (Å²) >= 11 is 0. The van der Waals surface area contributed by atoms with Gasteiger partial charge in [-0.1, -0.05) is 0 Å². The number of hydrogen-bond donors (Lipinski definition) is 1. The standard InChI is InChI=1S/C21H22N2O6/c1-13(24)15-5-7-17(8-6-15)22-20(26)14(2)29-21(27)16-10-19(25)23(11-16)12-18-4-3-9-28-18/h3-9,14,16H,10-12H2,1-2H3,(H,22,26)/t14-,16+/m0/s1. The highest BCUT2D eigenvalue weighted by Crippen LogP contribution is 2.22. The van der Waals surface area contributed by atoms with E-state index in [1.54, 1.807) is 36.4 Å². The highest BCUT2D eigenvalue weighted by atomic mass is 16.5. The van der Waals surface area contributed by atoms with Crippen LogP contribution < -0.4 is 5.32 Å². The van der Waals surface area contributed by atoms with E-state index in [2.05, 4.69) is 5.32 Å². The number of ketones is 1. The second kappa shape index (κ2) is 8.72. The first-order valence-electron chi connectivity index (χ1n) is 9.26. The molecule has 0 saturated carbocycles. The molecule has 1 fully saturated rings. The van der Waals surface area contributed by atoms with Gasteiger partial charge in [0.25, 0.3) is 5.91 Å². The van der Waals surface area contributed by atoms with E-state index in [4.69, 9.17) is 9.15 Å². The Kier molecular flexibility index (Phi) is 6.11. The average molecular weight is 398 g/mol. The van der Waals surface area contributed by atoms with E-state index in [9.17, 15) is 19.2 Å². The Morgan fingerprint density at radius 2 is 1.97 bits per heavy atom. The van der Waals surface area contributed by atoms with Gasteiger partial charge in [0.1, 0.15) is 5.76 Å². The topological polar surface area (TPSA) is 106 Å². The van der Waals surface area contributed by atoms with Crippen molar-refractivity contribution in [3.63, 3.8) is 0 Å². The maximum absolute atomic E-state index is 12.4. The summed E-state index contributed by atoms with van der Waals surface area (Å²) in [5.74, 6) is -1.30. The summed E-state index contributed by atoms with van der Waals surface area (Å²) < 4.78 is 10.5. The summed E-state index contributed by atoms with van der Waals surface area (Å²) in [5.41, 5.74) is 1.02. The number of furan rings is 1. The first kappa shape index (κ1) is 20.3. The molecule has 152 valence electrons. The minimum absolute atomic E-state index is 0.0421. The van der Waals surface area contributed by atoms with Crippen molar-refractivity contribution in [2.75, 3.05) is 11.9 Å². The van der Waals surface area contributed by atoms with Crippen molar-refractivity contribution < 1.29 is 28.3 Å². The third-order valence-corrected chi connectivity index (χ3v) is 4.70. The van der Waals surface area contributed by atoms with Gasteiger partial charge in [0.15, 0.2) is 11.9 Å². The minimum Gasteiger partial charge on any atom is -0.467 e. The quantitative estimate of drug-likeness (QED) is 0.567. The van der Waals surface area contributed by atoms with Crippen LogP contribution in [0.3, 0.4) is 0 Å². The molecule has 1 aliphatic heterocycles. The highest BCUT2D eigenvalue weighted by molar-refractivity contribution is 5.97. The molecule has 2 amide bonds. The van der Waals surface area contributed by atoms with Crippen LogP contribution in [0.1, 0.15) is 36.4 Å². The maximum Gasteiger partial charge on any atom is 0.312 e. The van der Waals surface area contributed by atoms with Gasteiger partial charge in [0.05, 0.1) is 18.7 Å². The van der Waals surface area contributed by atoms with Gasteiger partial charge in [0, 0.05) is 24.2 Å². The van der Waals surface area contributed by atoms with Crippen LogP contribution in [0.15, 0.2) is 47.1 Å². The fourth-order valence-electron chi connectivity index (χ4n) is 3.03. The van der Waals surface area contributed by atoms with Gasteiger partial charge in [-0.05, 0) is 50.2 Å². The smallest absolute Gasteiger partial charge is 0.312 e. The van der Waals surface area contributed by atoms with Gasteiger partial charge in [-0.3, -0.25) is 19.2 Å². The predicted molar refractivity (Wildman–Crippen MR) is 103 cm³/mol. The molecular formula is C21H22N2O6. The van der Waals surface area contributed by atoms with E-state index < -0.39 is 23.9 Å². The first-order valence-corrected chi connectivity index (χ1v) is 9.26. The Bertz CT molecular complexity index is 904. The number of likely N-dealkylation sites (tertiary alicyclic amines) is 1. The zero-order valence-electron chi connectivity index (χ0n) is 16.2. The van der Waals surface area contributed by atoms with Gasteiger partial charge < -0.3 is 19.4 Å². The molecule has 3 rings (SSSR count). The number of nitrogens with one attached hydrogen (secondary N) is 1. The van der Waals surface area contributed by atoms with Crippen LogP contribution in [0.25, 0.3) is 0 Å². The Labute approximate surface area is 167 Å². The fraction of sp³-hybridized carbons (Fsp3) is 0.333. The summed E-state index contributed by atoms with van der Waals surface area (Å²) in [6.45, 7) is 3.44. The molecule has 0 unspecified atom stereocenters. The van der Waals surface area contributed by atoms with Crippen LogP contribution in [0.5, 0.6) is 0 Å². The molecule has 1 aromatic heterocycles. The van der Waals surface area contributed by atoms with Crippen LogP contribution in [0.2, 0.25) is 0 Å². The number of hydrogen-bond acceptors (Lipinski definition) is 6. The lowest BCUT2D eigenvalue weighted by molar-refractivity contribution is -0.157. The molecule has 2 atom stereocenters. The van der Waals surface area contributed by atoms with E-state index in [0.29, 0.717) is 23.6 Å². The number of nitrogens with zero attached hydrogens (tertiary/aromatic N) is 1. The van der Waals surface area contributed by atoms with Crippen LogP contribution in [-0.2, 0) is 25.7 Å². The largest absolute Gasteiger partial charge is 0.467 e. The Balaban J connectivity index is 1.51. The second-order valence-electron chi connectivity index (χ2n) is 6.96. The molecule has 2 heterocycles. The molecular weight excluding hydrogens is 376 g/mol. The number of carbonyl (C=O) groups excluding carboxylic acids is 4. The van der Waals surface area contributed by atoms with Gasteiger partial charge in [0.2, 0.25) is 5.91 Å². The number of Topliss-reactive ketones (excluding diaryl/α,β-unsaturated/α-hetero) is 1. The molecule has 1 aliphatic rings. The second-order valence-corrected chi connectivity index (χ2v) is 6.96. The highest BCUT2D eigenvalue weighted by Gasteiger charge is 2.36. The number of anilines is 1. The number of ether oxygens (including phenoxy) is 1. The SMILES string of the molecule is CC(=O)c1ccc(NC(=O)[C@H](C)OC(=O)[C@@H]2CC(=O)N(Cc3ccco3)C2)cc1. The zero-order valence-corrected chi connectivity index (χ0v) is 16.2. The summed E-state index contributed by atoms with van der Waals surface area (Å²) in [6, 6.07) is 9.90. The molecule has 0 bridgehead atoms. The Morgan fingerprint density at radius 1 is 1.24 bits per heavy atom. The molecule has 8 nitrogen and oxygen atoms in total. The lowest BCUT2D eigenvalue weighted by atomic mass is 10.1. The number of esters is 1. The lowest BCUT2D eigenvalue weighted by Crippen LogP contribution is -2.33. The van der Waals surface area contributed by atoms with Gasteiger partial charge in [-0.25, -0.2) is 0 Å². The number of amides is 2. The molecule has 1 saturated heterocycles.